The Bertz CT molecular complexity index is 518. The third-order valence-corrected chi connectivity index (χ3v) is 7.77. The molecule has 5 aliphatic rings. The Morgan fingerprint density at radius 3 is 2.04 bits per heavy atom. The topological polar surface area (TPSA) is 60.9 Å². The Balaban J connectivity index is 1.31. The SMILES string of the molecule is CCN(CC(=O)O)C1CCN(C(=O)CC23CC4CC(CC(C4)C2)C3)CC1. The van der Waals surface area contributed by atoms with E-state index in [4.69, 9.17) is 5.11 Å². The lowest BCUT2D eigenvalue weighted by Gasteiger charge is -2.57. The monoisotopic (exact) mass is 362 g/mol. The molecule has 4 aliphatic carbocycles. The van der Waals surface area contributed by atoms with E-state index in [1.54, 1.807) is 0 Å². The van der Waals surface area contributed by atoms with Gasteiger partial charge < -0.3 is 10.0 Å². The van der Waals surface area contributed by atoms with Crippen LogP contribution in [0.4, 0.5) is 0 Å². The average molecular weight is 363 g/mol. The van der Waals surface area contributed by atoms with Crippen molar-refractivity contribution in [3.05, 3.63) is 0 Å². The Morgan fingerprint density at radius 1 is 1.04 bits per heavy atom. The van der Waals surface area contributed by atoms with Gasteiger partial charge in [0.2, 0.25) is 5.91 Å². The second-order valence-electron chi connectivity index (χ2n) is 9.66. The molecule has 5 rings (SSSR count). The van der Waals surface area contributed by atoms with Crippen molar-refractivity contribution >= 4 is 11.9 Å². The van der Waals surface area contributed by atoms with E-state index in [0.717, 1.165) is 56.7 Å². The molecule has 5 fully saturated rings. The fourth-order valence-corrected chi connectivity index (χ4v) is 7.09. The summed E-state index contributed by atoms with van der Waals surface area (Å²) in [5.41, 5.74) is 0.321. The van der Waals surface area contributed by atoms with Crippen molar-refractivity contribution < 1.29 is 14.7 Å². The minimum Gasteiger partial charge on any atom is -0.480 e. The summed E-state index contributed by atoms with van der Waals surface area (Å²) in [6, 6.07) is 0.305. The van der Waals surface area contributed by atoms with Crippen molar-refractivity contribution in [2.24, 2.45) is 23.2 Å². The van der Waals surface area contributed by atoms with Gasteiger partial charge in [0.15, 0.2) is 0 Å². The van der Waals surface area contributed by atoms with Crippen molar-refractivity contribution in [1.82, 2.24) is 9.80 Å². The first-order valence-corrected chi connectivity index (χ1v) is 10.7. The zero-order valence-corrected chi connectivity index (χ0v) is 16.2. The number of hydrogen-bond acceptors (Lipinski definition) is 3. The maximum atomic E-state index is 13.0. The van der Waals surface area contributed by atoms with Gasteiger partial charge in [-0.15, -0.1) is 0 Å². The van der Waals surface area contributed by atoms with Crippen molar-refractivity contribution in [2.75, 3.05) is 26.2 Å². The highest BCUT2D eigenvalue weighted by molar-refractivity contribution is 5.77. The lowest BCUT2D eigenvalue weighted by atomic mass is 9.49. The van der Waals surface area contributed by atoms with Crippen molar-refractivity contribution in [3.8, 4) is 0 Å². The molecule has 5 nitrogen and oxygen atoms in total. The fourth-order valence-electron chi connectivity index (χ4n) is 7.09. The van der Waals surface area contributed by atoms with Gasteiger partial charge >= 0.3 is 5.97 Å². The van der Waals surface area contributed by atoms with Crippen LogP contribution in [0.3, 0.4) is 0 Å². The van der Waals surface area contributed by atoms with Crippen LogP contribution < -0.4 is 0 Å². The minimum atomic E-state index is -0.757. The molecular formula is C21H34N2O3. The molecule has 1 saturated heterocycles. The zero-order chi connectivity index (χ0) is 18.3. The maximum Gasteiger partial charge on any atom is 0.317 e. The van der Waals surface area contributed by atoms with E-state index in [-0.39, 0.29) is 6.54 Å². The molecule has 0 aromatic rings. The quantitative estimate of drug-likeness (QED) is 0.789. The van der Waals surface area contributed by atoms with Crippen LogP contribution in [0.25, 0.3) is 0 Å². The number of rotatable bonds is 6. The first-order valence-electron chi connectivity index (χ1n) is 10.7. The Labute approximate surface area is 157 Å². The second-order valence-corrected chi connectivity index (χ2v) is 9.66. The smallest absolute Gasteiger partial charge is 0.317 e. The number of likely N-dealkylation sites (tertiary alicyclic amines) is 1. The van der Waals surface area contributed by atoms with E-state index in [9.17, 15) is 9.59 Å². The molecule has 4 bridgehead atoms. The van der Waals surface area contributed by atoms with Crippen LogP contribution in [0.2, 0.25) is 0 Å². The van der Waals surface area contributed by atoms with Crippen LogP contribution in [0.1, 0.15) is 64.7 Å². The first kappa shape index (κ1) is 18.3. The number of piperidine rings is 1. The van der Waals surface area contributed by atoms with Gasteiger partial charge in [-0.3, -0.25) is 14.5 Å². The number of hydrogen-bond donors (Lipinski definition) is 1. The molecule has 146 valence electrons. The van der Waals surface area contributed by atoms with Crippen LogP contribution in [0, 0.1) is 23.2 Å². The highest BCUT2D eigenvalue weighted by Crippen LogP contribution is 2.61. The summed E-state index contributed by atoms with van der Waals surface area (Å²) in [5.74, 6) is 2.30. The minimum absolute atomic E-state index is 0.113. The number of nitrogens with zero attached hydrogens (tertiary/aromatic N) is 2. The van der Waals surface area contributed by atoms with Gasteiger partial charge in [-0.25, -0.2) is 0 Å². The molecule has 0 aromatic carbocycles. The van der Waals surface area contributed by atoms with Crippen LogP contribution in [0.5, 0.6) is 0 Å². The number of carbonyl (C=O) groups is 2. The van der Waals surface area contributed by atoms with Gasteiger partial charge in [0, 0.05) is 25.6 Å². The number of carbonyl (C=O) groups excluding carboxylic acids is 1. The number of likely N-dealkylation sites (N-methyl/N-ethyl adjacent to an activating group) is 1. The summed E-state index contributed by atoms with van der Waals surface area (Å²) in [4.78, 5) is 28.2. The van der Waals surface area contributed by atoms with Gasteiger partial charge in [-0.2, -0.15) is 0 Å². The third kappa shape index (κ3) is 3.64. The lowest BCUT2D eigenvalue weighted by Crippen LogP contribution is -2.51. The molecule has 0 atom stereocenters. The Morgan fingerprint density at radius 2 is 1.58 bits per heavy atom. The van der Waals surface area contributed by atoms with Gasteiger partial charge in [-0.1, -0.05) is 6.92 Å². The van der Waals surface area contributed by atoms with Crippen molar-refractivity contribution in [3.63, 3.8) is 0 Å². The predicted molar refractivity (Wildman–Crippen MR) is 99.7 cm³/mol. The third-order valence-electron chi connectivity index (χ3n) is 7.77. The summed E-state index contributed by atoms with van der Waals surface area (Å²) < 4.78 is 0. The Kier molecular flexibility index (Phi) is 5.02. The van der Waals surface area contributed by atoms with E-state index in [1.165, 1.54) is 38.5 Å². The molecule has 1 aliphatic heterocycles. The van der Waals surface area contributed by atoms with E-state index < -0.39 is 5.97 Å². The number of aliphatic carboxylic acids is 1. The molecule has 0 spiro atoms. The van der Waals surface area contributed by atoms with Gasteiger partial charge in [-0.05, 0) is 81.1 Å². The molecule has 0 unspecified atom stereocenters. The van der Waals surface area contributed by atoms with Crippen LogP contribution >= 0.6 is 0 Å². The standard InChI is InChI=1S/C21H34N2O3/c1-2-22(14-20(25)26)18-3-5-23(6-4-18)19(24)13-21-10-15-7-16(11-21)9-17(8-15)12-21/h15-18H,2-14H2,1H3,(H,25,26). The van der Waals surface area contributed by atoms with Crippen LogP contribution in [0.15, 0.2) is 0 Å². The fraction of sp³-hybridized carbons (Fsp3) is 0.905. The largest absolute Gasteiger partial charge is 0.480 e. The normalized spacial score (nSPS) is 36.7. The van der Waals surface area contributed by atoms with Crippen LogP contribution in [-0.2, 0) is 9.59 Å². The van der Waals surface area contributed by atoms with E-state index >= 15 is 0 Å². The van der Waals surface area contributed by atoms with E-state index in [2.05, 4.69) is 4.90 Å². The molecule has 0 aromatic heterocycles. The summed E-state index contributed by atoms with van der Waals surface area (Å²) in [7, 11) is 0. The maximum absolute atomic E-state index is 13.0. The first-order chi connectivity index (χ1) is 12.5. The predicted octanol–water partition coefficient (Wildman–Crippen LogP) is 2.99. The van der Waals surface area contributed by atoms with Crippen molar-refractivity contribution in [2.45, 2.75) is 70.8 Å². The lowest BCUT2D eigenvalue weighted by molar-refractivity contribution is -0.143. The summed E-state index contributed by atoms with van der Waals surface area (Å²) >= 11 is 0. The van der Waals surface area contributed by atoms with E-state index in [1.807, 2.05) is 11.8 Å². The average Bonchev–Trinajstić information content (AvgIpc) is 2.58. The summed E-state index contributed by atoms with van der Waals surface area (Å²) in [6.45, 7) is 4.49. The molecular weight excluding hydrogens is 328 g/mol. The Hall–Kier alpha value is -1.10. The molecule has 1 N–H and O–H groups in total. The summed E-state index contributed by atoms with van der Waals surface area (Å²) in [6.07, 6.45) is 10.8. The van der Waals surface area contributed by atoms with Gasteiger partial charge in [0.05, 0.1) is 6.54 Å². The molecule has 0 radical (unpaired) electrons. The van der Waals surface area contributed by atoms with Crippen LogP contribution in [-0.4, -0.2) is 59.0 Å². The highest BCUT2D eigenvalue weighted by atomic mass is 16.4. The number of carboxylic acids is 1. The summed E-state index contributed by atoms with van der Waals surface area (Å²) in [5, 5.41) is 9.07. The van der Waals surface area contributed by atoms with E-state index in [0.29, 0.717) is 17.4 Å². The molecule has 1 amide bonds. The molecule has 26 heavy (non-hydrogen) atoms. The molecule has 5 heteroatoms. The zero-order valence-electron chi connectivity index (χ0n) is 16.2. The second kappa shape index (κ2) is 7.14. The van der Waals surface area contributed by atoms with Crippen molar-refractivity contribution in [1.29, 1.82) is 0 Å². The van der Waals surface area contributed by atoms with Gasteiger partial charge in [0.1, 0.15) is 0 Å². The number of amides is 1. The molecule has 1 heterocycles. The van der Waals surface area contributed by atoms with Gasteiger partial charge in [0.25, 0.3) is 0 Å². The highest BCUT2D eigenvalue weighted by Gasteiger charge is 2.51. The molecule has 4 saturated carbocycles. The number of carboxylic acid groups (broad SMARTS) is 1.